The fraction of sp³-hybridized carbons (Fsp3) is 0.304. The Hall–Kier alpha value is -2.45. The van der Waals surface area contributed by atoms with E-state index in [2.05, 4.69) is 27.8 Å². The average molecular weight is 499 g/mol. The van der Waals surface area contributed by atoms with E-state index in [0.29, 0.717) is 39.7 Å². The molecule has 3 aromatic heterocycles. The van der Waals surface area contributed by atoms with Crippen LogP contribution in [0.2, 0.25) is 0 Å². The zero-order valence-corrected chi connectivity index (χ0v) is 19.9. The van der Waals surface area contributed by atoms with Crippen molar-refractivity contribution in [2.24, 2.45) is 0 Å². The smallest absolute Gasteiger partial charge is 0.262 e. The normalized spacial score (nSPS) is 11.5. The SMILES string of the molecule is CCCCCn1c(SCc2cc(=O)n3c(C)cccc3n2)nc2ccc(Br)cc2c1=O. The van der Waals surface area contributed by atoms with Crippen molar-refractivity contribution < 1.29 is 0 Å². The third-order valence-corrected chi connectivity index (χ3v) is 6.65. The fourth-order valence-corrected chi connectivity index (χ4v) is 4.85. The van der Waals surface area contributed by atoms with Crippen LogP contribution >= 0.6 is 27.7 Å². The maximum Gasteiger partial charge on any atom is 0.262 e. The third kappa shape index (κ3) is 4.60. The van der Waals surface area contributed by atoms with Gasteiger partial charge in [-0.05, 0) is 43.7 Å². The number of hydrogen-bond acceptors (Lipinski definition) is 5. The maximum atomic E-state index is 13.2. The fourth-order valence-electron chi connectivity index (χ4n) is 3.58. The molecule has 0 aliphatic rings. The summed E-state index contributed by atoms with van der Waals surface area (Å²) in [4.78, 5) is 35.2. The molecule has 0 radical (unpaired) electrons. The highest BCUT2D eigenvalue weighted by Gasteiger charge is 2.13. The summed E-state index contributed by atoms with van der Waals surface area (Å²) in [5, 5.41) is 1.26. The molecule has 0 atom stereocenters. The third-order valence-electron chi connectivity index (χ3n) is 5.15. The molecular formula is C23H23BrN4O2S. The van der Waals surface area contributed by atoms with Gasteiger partial charge in [-0.1, -0.05) is 53.5 Å². The minimum atomic E-state index is -0.102. The number of halogens is 1. The number of aromatic nitrogens is 4. The summed E-state index contributed by atoms with van der Waals surface area (Å²) in [7, 11) is 0. The Labute approximate surface area is 192 Å². The van der Waals surface area contributed by atoms with Crippen molar-refractivity contribution in [2.75, 3.05) is 0 Å². The Balaban J connectivity index is 1.71. The summed E-state index contributed by atoms with van der Waals surface area (Å²) in [5.41, 5.74) is 2.68. The van der Waals surface area contributed by atoms with Gasteiger partial charge in [-0.15, -0.1) is 0 Å². The molecule has 6 nitrogen and oxygen atoms in total. The second-order valence-corrected chi connectivity index (χ2v) is 9.31. The molecule has 0 bridgehead atoms. The largest absolute Gasteiger partial charge is 0.287 e. The number of fused-ring (bicyclic) bond motifs is 2. The molecule has 0 aliphatic heterocycles. The topological polar surface area (TPSA) is 69.3 Å². The molecule has 8 heteroatoms. The number of thioether (sulfide) groups is 1. The Morgan fingerprint density at radius 2 is 1.90 bits per heavy atom. The second kappa shape index (κ2) is 9.36. The highest BCUT2D eigenvalue weighted by atomic mass is 79.9. The summed E-state index contributed by atoms with van der Waals surface area (Å²) >= 11 is 4.89. The van der Waals surface area contributed by atoms with E-state index in [1.165, 1.54) is 11.8 Å². The first kappa shape index (κ1) is 21.8. The van der Waals surface area contributed by atoms with Crippen molar-refractivity contribution >= 4 is 44.2 Å². The predicted molar refractivity (Wildman–Crippen MR) is 129 cm³/mol. The molecule has 0 saturated heterocycles. The van der Waals surface area contributed by atoms with Gasteiger partial charge in [0.15, 0.2) is 5.16 Å². The minimum absolute atomic E-state index is 0.0351. The predicted octanol–water partition coefficient (Wildman–Crippen LogP) is 4.96. The molecule has 160 valence electrons. The van der Waals surface area contributed by atoms with E-state index in [1.807, 2.05) is 43.3 Å². The van der Waals surface area contributed by atoms with E-state index in [4.69, 9.17) is 4.98 Å². The van der Waals surface area contributed by atoms with Gasteiger partial charge in [0.1, 0.15) is 5.65 Å². The lowest BCUT2D eigenvalue weighted by Gasteiger charge is -2.13. The van der Waals surface area contributed by atoms with Crippen molar-refractivity contribution in [2.45, 2.75) is 50.6 Å². The molecule has 0 N–H and O–H groups in total. The summed E-state index contributed by atoms with van der Waals surface area (Å²) < 4.78 is 4.21. The van der Waals surface area contributed by atoms with E-state index in [9.17, 15) is 9.59 Å². The molecule has 0 saturated carbocycles. The number of pyridine rings is 1. The molecule has 4 aromatic rings. The van der Waals surface area contributed by atoms with Gasteiger partial charge in [0, 0.05) is 28.5 Å². The van der Waals surface area contributed by atoms with Crippen LogP contribution in [-0.2, 0) is 12.3 Å². The van der Waals surface area contributed by atoms with Gasteiger partial charge < -0.3 is 0 Å². The molecule has 3 heterocycles. The lowest BCUT2D eigenvalue weighted by Crippen LogP contribution is -2.23. The number of benzene rings is 1. The van der Waals surface area contributed by atoms with Crippen molar-refractivity contribution in [3.63, 3.8) is 0 Å². The van der Waals surface area contributed by atoms with Crippen LogP contribution in [0.1, 0.15) is 37.6 Å². The first-order chi connectivity index (χ1) is 15.0. The van der Waals surface area contributed by atoms with E-state index in [0.717, 1.165) is 29.4 Å². The molecule has 0 fully saturated rings. The number of nitrogens with zero attached hydrogens (tertiary/aromatic N) is 4. The van der Waals surface area contributed by atoms with E-state index >= 15 is 0 Å². The van der Waals surface area contributed by atoms with E-state index in [1.54, 1.807) is 15.0 Å². The Kier molecular flexibility index (Phi) is 6.57. The van der Waals surface area contributed by atoms with Crippen LogP contribution in [0.15, 0.2) is 61.7 Å². The number of rotatable bonds is 7. The van der Waals surface area contributed by atoms with Crippen molar-refractivity contribution in [1.82, 2.24) is 18.9 Å². The van der Waals surface area contributed by atoms with Crippen LogP contribution in [0.25, 0.3) is 16.6 Å². The Bertz CT molecular complexity index is 1380. The molecule has 0 spiro atoms. The molecule has 0 unspecified atom stereocenters. The summed E-state index contributed by atoms with van der Waals surface area (Å²) in [6.45, 7) is 4.65. The van der Waals surface area contributed by atoms with Gasteiger partial charge in [-0.2, -0.15) is 0 Å². The van der Waals surface area contributed by atoms with Crippen LogP contribution in [0.3, 0.4) is 0 Å². The zero-order chi connectivity index (χ0) is 22.0. The minimum Gasteiger partial charge on any atom is -0.287 e. The molecule has 0 aliphatic carbocycles. The van der Waals surface area contributed by atoms with Crippen molar-refractivity contribution in [1.29, 1.82) is 0 Å². The Morgan fingerprint density at radius 1 is 1.06 bits per heavy atom. The van der Waals surface area contributed by atoms with Crippen LogP contribution in [0.4, 0.5) is 0 Å². The molecule has 4 rings (SSSR count). The van der Waals surface area contributed by atoms with Gasteiger partial charge in [0.05, 0.1) is 16.6 Å². The van der Waals surface area contributed by atoms with Crippen LogP contribution in [0, 0.1) is 6.92 Å². The maximum absolute atomic E-state index is 13.2. The first-order valence-electron chi connectivity index (χ1n) is 10.3. The molecule has 31 heavy (non-hydrogen) atoms. The second-order valence-electron chi connectivity index (χ2n) is 7.45. The van der Waals surface area contributed by atoms with Gasteiger partial charge in [0.25, 0.3) is 11.1 Å². The summed E-state index contributed by atoms with van der Waals surface area (Å²) in [6, 6.07) is 12.7. The first-order valence-corrected chi connectivity index (χ1v) is 12.1. The highest BCUT2D eigenvalue weighted by molar-refractivity contribution is 9.10. The van der Waals surface area contributed by atoms with Crippen molar-refractivity contribution in [3.05, 3.63) is 79.0 Å². The van der Waals surface area contributed by atoms with E-state index in [-0.39, 0.29) is 11.1 Å². The van der Waals surface area contributed by atoms with Gasteiger partial charge in [-0.3, -0.25) is 18.6 Å². The van der Waals surface area contributed by atoms with Crippen LogP contribution in [0.5, 0.6) is 0 Å². The summed E-state index contributed by atoms with van der Waals surface area (Å²) in [5.74, 6) is 0.460. The van der Waals surface area contributed by atoms with E-state index < -0.39 is 0 Å². The van der Waals surface area contributed by atoms with Crippen molar-refractivity contribution in [3.8, 4) is 0 Å². The van der Waals surface area contributed by atoms with Crippen LogP contribution < -0.4 is 11.1 Å². The number of aryl methyl sites for hydroxylation is 1. The quantitative estimate of drug-likeness (QED) is 0.204. The molecule has 1 aromatic carbocycles. The monoisotopic (exact) mass is 498 g/mol. The highest BCUT2D eigenvalue weighted by Crippen LogP contribution is 2.23. The van der Waals surface area contributed by atoms with Gasteiger partial charge in [-0.25, -0.2) is 9.97 Å². The van der Waals surface area contributed by atoms with Gasteiger partial charge >= 0.3 is 0 Å². The van der Waals surface area contributed by atoms with Gasteiger partial charge in [0.2, 0.25) is 0 Å². The molecular weight excluding hydrogens is 476 g/mol. The lowest BCUT2D eigenvalue weighted by molar-refractivity contribution is 0.541. The zero-order valence-electron chi connectivity index (χ0n) is 17.5. The number of unbranched alkanes of at least 4 members (excludes halogenated alkanes) is 2. The number of hydrogen-bond donors (Lipinski definition) is 0. The lowest BCUT2D eigenvalue weighted by atomic mass is 10.2. The summed E-state index contributed by atoms with van der Waals surface area (Å²) in [6.07, 6.45) is 3.05. The Morgan fingerprint density at radius 3 is 2.71 bits per heavy atom. The standard InChI is InChI=1S/C23H23BrN4O2S/c1-3-4-5-11-27-22(30)18-12-16(24)9-10-19(18)26-23(27)31-14-17-13-21(29)28-15(2)7-6-8-20(28)25-17/h6-10,12-13H,3-5,11,14H2,1-2H3. The molecule has 0 amide bonds. The van der Waals surface area contributed by atoms with Crippen LogP contribution in [-0.4, -0.2) is 18.9 Å². The average Bonchev–Trinajstić information content (AvgIpc) is 2.74.